The van der Waals surface area contributed by atoms with Crippen LogP contribution in [0.1, 0.15) is 23.5 Å². The summed E-state index contributed by atoms with van der Waals surface area (Å²) in [7, 11) is 1.74. The van der Waals surface area contributed by atoms with Crippen LogP contribution in [0.5, 0.6) is 5.75 Å². The Labute approximate surface area is 87.2 Å². The summed E-state index contributed by atoms with van der Waals surface area (Å²) in [5.41, 5.74) is 2.66. The molecule has 70 valence electrons. The van der Waals surface area contributed by atoms with Crippen molar-refractivity contribution >= 4 is 15.9 Å². The summed E-state index contributed by atoms with van der Waals surface area (Å²) >= 11 is 3.62. The molecular formula is C11H13BrO. The molecule has 1 nitrogen and oxygen atoms in total. The maximum atomic E-state index is 5.33. The summed E-state index contributed by atoms with van der Waals surface area (Å²) in [6.45, 7) is 2.12. The Morgan fingerprint density at radius 3 is 2.69 bits per heavy atom. The van der Waals surface area contributed by atoms with Crippen molar-refractivity contribution in [3.8, 4) is 5.75 Å². The number of ether oxygens (including phenoxy) is 1. The highest BCUT2D eigenvalue weighted by Gasteiger charge is 2.37. The van der Waals surface area contributed by atoms with Gasteiger partial charge in [-0.25, -0.2) is 0 Å². The van der Waals surface area contributed by atoms with E-state index in [1.807, 2.05) is 0 Å². The largest absolute Gasteiger partial charge is 0.496 e. The molecule has 0 amide bonds. The van der Waals surface area contributed by atoms with Crippen LogP contribution in [0.3, 0.4) is 0 Å². The Morgan fingerprint density at radius 1 is 1.46 bits per heavy atom. The van der Waals surface area contributed by atoms with E-state index < -0.39 is 0 Å². The van der Waals surface area contributed by atoms with E-state index in [0.717, 1.165) is 5.75 Å². The van der Waals surface area contributed by atoms with Crippen LogP contribution in [0.15, 0.2) is 18.2 Å². The van der Waals surface area contributed by atoms with Gasteiger partial charge in [-0.15, -0.1) is 0 Å². The molecule has 2 unspecified atom stereocenters. The van der Waals surface area contributed by atoms with Crippen molar-refractivity contribution in [3.63, 3.8) is 0 Å². The summed E-state index contributed by atoms with van der Waals surface area (Å²) in [5, 5.41) is 0. The predicted molar refractivity (Wildman–Crippen MR) is 57.8 cm³/mol. The lowest BCUT2D eigenvalue weighted by Crippen LogP contribution is -1.91. The van der Waals surface area contributed by atoms with E-state index in [1.54, 1.807) is 7.11 Å². The van der Waals surface area contributed by atoms with Crippen LogP contribution in [0, 0.1) is 6.92 Å². The Kier molecular flexibility index (Phi) is 2.33. The Morgan fingerprint density at radius 2 is 2.15 bits per heavy atom. The van der Waals surface area contributed by atoms with Gasteiger partial charge in [-0.05, 0) is 25.0 Å². The molecule has 0 N–H and O–H groups in total. The molecule has 0 aliphatic heterocycles. The van der Waals surface area contributed by atoms with Crippen LogP contribution in [0.2, 0.25) is 0 Å². The first kappa shape index (κ1) is 9.07. The highest BCUT2D eigenvalue weighted by molar-refractivity contribution is 9.09. The van der Waals surface area contributed by atoms with Gasteiger partial charge in [0.25, 0.3) is 0 Å². The fourth-order valence-electron chi connectivity index (χ4n) is 1.63. The zero-order valence-corrected chi connectivity index (χ0v) is 9.47. The molecule has 2 heteroatoms. The van der Waals surface area contributed by atoms with E-state index in [0.29, 0.717) is 10.7 Å². The zero-order chi connectivity index (χ0) is 9.42. The van der Waals surface area contributed by atoms with Gasteiger partial charge >= 0.3 is 0 Å². The lowest BCUT2D eigenvalue weighted by molar-refractivity contribution is 0.409. The molecule has 1 saturated carbocycles. The van der Waals surface area contributed by atoms with Crippen LogP contribution >= 0.6 is 15.9 Å². The van der Waals surface area contributed by atoms with Crippen molar-refractivity contribution in [1.82, 2.24) is 0 Å². The first-order valence-electron chi connectivity index (χ1n) is 4.51. The van der Waals surface area contributed by atoms with Gasteiger partial charge in [0.15, 0.2) is 0 Å². The molecule has 0 heterocycles. The van der Waals surface area contributed by atoms with Crippen LogP contribution in [-0.2, 0) is 0 Å². The molecule has 1 aliphatic rings. The SMILES string of the molecule is COc1ccc(C)cc1C1CC1Br. The molecule has 0 saturated heterocycles. The minimum absolute atomic E-state index is 0.656. The van der Waals surface area contributed by atoms with Crippen LogP contribution in [0.25, 0.3) is 0 Å². The van der Waals surface area contributed by atoms with Crippen LogP contribution in [-0.4, -0.2) is 11.9 Å². The van der Waals surface area contributed by atoms with E-state index in [4.69, 9.17) is 4.74 Å². The highest BCUT2D eigenvalue weighted by Crippen LogP contribution is 2.49. The van der Waals surface area contributed by atoms with Crippen molar-refractivity contribution in [2.45, 2.75) is 24.1 Å². The Balaban J connectivity index is 2.35. The van der Waals surface area contributed by atoms with Crippen molar-refractivity contribution in [3.05, 3.63) is 29.3 Å². The number of methoxy groups -OCH3 is 1. The lowest BCUT2D eigenvalue weighted by atomic mass is 10.1. The molecule has 1 aromatic rings. The van der Waals surface area contributed by atoms with Gasteiger partial charge in [0.1, 0.15) is 5.75 Å². The number of aryl methyl sites for hydroxylation is 1. The number of rotatable bonds is 2. The number of alkyl halides is 1. The summed E-state index contributed by atoms with van der Waals surface area (Å²) in [4.78, 5) is 0.656. The fourth-order valence-corrected chi connectivity index (χ4v) is 2.32. The summed E-state index contributed by atoms with van der Waals surface area (Å²) < 4.78 is 5.33. The normalized spacial score (nSPS) is 25.8. The monoisotopic (exact) mass is 240 g/mol. The zero-order valence-electron chi connectivity index (χ0n) is 7.88. The van der Waals surface area contributed by atoms with Crippen LogP contribution < -0.4 is 4.74 Å². The molecule has 2 rings (SSSR count). The topological polar surface area (TPSA) is 9.23 Å². The molecule has 1 fully saturated rings. The Hall–Kier alpha value is -0.500. The van der Waals surface area contributed by atoms with Crippen molar-refractivity contribution in [2.24, 2.45) is 0 Å². The number of hydrogen-bond acceptors (Lipinski definition) is 1. The van der Waals surface area contributed by atoms with Gasteiger partial charge < -0.3 is 4.74 Å². The van der Waals surface area contributed by atoms with Crippen molar-refractivity contribution < 1.29 is 4.74 Å². The maximum absolute atomic E-state index is 5.33. The average molecular weight is 241 g/mol. The van der Waals surface area contributed by atoms with Gasteiger partial charge in [-0.3, -0.25) is 0 Å². The second-order valence-corrected chi connectivity index (χ2v) is 4.78. The highest BCUT2D eigenvalue weighted by atomic mass is 79.9. The fraction of sp³-hybridized carbons (Fsp3) is 0.455. The number of halogens is 1. The van der Waals surface area contributed by atoms with Crippen molar-refractivity contribution in [1.29, 1.82) is 0 Å². The number of benzene rings is 1. The molecule has 1 aliphatic carbocycles. The smallest absolute Gasteiger partial charge is 0.122 e. The minimum atomic E-state index is 0.656. The molecule has 0 aromatic heterocycles. The van der Waals surface area contributed by atoms with Gasteiger partial charge in [-0.2, -0.15) is 0 Å². The summed E-state index contributed by atoms with van der Waals surface area (Å²) in [6.07, 6.45) is 1.24. The molecule has 2 atom stereocenters. The van der Waals surface area contributed by atoms with E-state index in [9.17, 15) is 0 Å². The second kappa shape index (κ2) is 3.33. The van der Waals surface area contributed by atoms with E-state index in [2.05, 4.69) is 41.1 Å². The minimum Gasteiger partial charge on any atom is -0.496 e. The lowest BCUT2D eigenvalue weighted by Gasteiger charge is -2.08. The van der Waals surface area contributed by atoms with Gasteiger partial charge in [-0.1, -0.05) is 33.6 Å². The first-order chi connectivity index (χ1) is 6.22. The predicted octanol–water partition coefficient (Wildman–Crippen LogP) is 3.25. The molecule has 0 spiro atoms. The quantitative estimate of drug-likeness (QED) is 0.722. The van der Waals surface area contributed by atoms with Crippen molar-refractivity contribution in [2.75, 3.05) is 7.11 Å². The van der Waals surface area contributed by atoms with Gasteiger partial charge in [0.05, 0.1) is 7.11 Å². The molecule has 13 heavy (non-hydrogen) atoms. The van der Waals surface area contributed by atoms with Gasteiger partial charge in [0, 0.05) is 10.7 Å². The first-order valence-corrected chi connectivity index (χ1v) is 5.42. The molecule has 0 bridgehead atoms. The third kappa shape index (κ3) is 1.73. The standard InChI is InChI=1S/C11H13BrO/c1-7-3-4-11(13-2)9(5-7)8-6-10(8)12/h3-5,8,10H,6H2,1-2H3. The van der Waals surface area contributed by atoms with Gasteiger partial charge in [0.2, 0.25) is 0 Å². The van der Waals surface area contributed by atoms with E-state index in [1.165, 1.54) is 17.5 Å². The average Bonchev–Trinajstić information content (AvgIpc) is 2.82. The molecule has 1 aromatic carbocycles. The third-order valence-electron chi connectivity index (χ3n) is 2.50. The Bertz CT molecular complexity index is 322. The summed E-state index contributed by atoms with van der Waals surface area (Å²) in [6, 6.07) is 6.38. The maximum Gasteiger partial charge on any atom is 0.122 e. The van der Waals surface area contributed by atoms with Crippen LogP contribution in [0.4, 0.5) is 0 Å². The number of hydrogen-bond donors (Lipinski definition) is 0. The van der Waals surface area contributed by atoms with E-state index in [-0.39, 0.29) is 0 Å². The van der Waals surface area contributed by atoms with E-state index >= 15 is 0 Å². The third-order valence-corrected chi connectivity index (χ3v) is 3.51. The molecular weight excluding hydrogens is 228 g/mol. The molecule has 0 radical (unpaired) electrons. The second-order valence-electron chi connectivity index (χ2n) is 3.60. The summed E-state index contributed by atoms with van der Waals surface area (Å²) in [5.74, 6) is 1.69.